The van der Waals surface area contributed by atoms with E-state index < -0.39 is 0 Å². The third-order valence-electron chi connectivity index (χ3n) is 4.51. The van der Waals surface area contributed by atoms with Gasteiger partial charge in [-0.2, -0.15) is 0 Å². The molecular weight excluding hydrogens is 266 g/mol. The van der Waals surface area contributed by atoms with Gasteiger partial charge in [-0.3, -0.25) is 4.90 Å². The molecule has 0 radical (unpaired) electrons. The van der Waals surface area contributed by atoms with Crippen molar-refractivity contribution in [1.82, 2.24) is 4.90 Å². The Morgan fingerprint density at radius 3 is 2.57 bits per heavy atom. The largest absolute Gasteiger partial charge is 0.496 e. The highest BCUT2D eigenvalue weighted by Crippen LogP contribution is 2.26. The lowest BCUT2D eigenvalue weighted by Gasteiger charge is -2.33. The second kappa shape index (κ2) is 7.25. The summed E-state index contributed by atoms with van der Waals surface area (Å²) in [7, 11) is 1.75. The number of likely N-dealkylation sites (tertiary alicyclic amines) is 1. The van der Waals surface area contributed by atoms with E-state index in [9.17, 15) is 0 Å². The Morgan fingerprint density at radius 1 is 1.14 bits per heavy atom. The van der Waals surface area contributed by atoms with Gasteiger partial charge in [-0.1, -0.05) is 18.2 Å². The molecule has 0 amide bonds. The van der Waals surface area contributed by atoms with Crippen molar-refractivity contribution in [2.75, 3.05) is 40.0 Å². The second-order valence-corrected chi connectivity index (χ2v) is 5.93. The molecule has 2 saturated heterocycles. The quantitative estimate of drug-likeness (QED) is 0.833. The molecule has 0 aromatic heterocycles. The Balaban J connectivity index is 1.47. The molecule has 0 N–H and O–H groups in total. The standard InChI is InChI=1S/C17H25NO3/c1-19-16-5-3-2-4-15(16)12-14-6-8-18(9-7-14)13-17-20-10-11-21-17/h2-5,14,17H,6-13H2,1H3. The molecule has 4 heteroatoms. The van der Waals surface area contributed by atoms with Crippen LogP contribution in [0, 0.1) is 5.92 Å². The first-order valence-corrected chi connectivity index (χ1v) is 7.92. The summed E-state index contributed by atoms with van der Waals surface area (Å²) in [5.41, 5.74) is 1.33. The van der Waals surface area contributed by atoms with Crippen LogP contribution >= 0.6 is 0 Å². The van der Waals surface area contributed by atoms with E-state index in [-0.39, 0.29) is 6.29 Å². The molecular formula is C17H25NO3. The fourth-order valence-electron chi connectivity index (χ4n) is 3.28. The van der Waals surface area contributed by atoms with E-state index in [2.05, 4.69) is 23.1 Å². The van der Waals surface area contributed by atoms with Crippen molar-refractivity contribution in [2.45, 2.75) is 25.6 Å². The first kappa shape index (κ1) is 14.8. The minimum Gasteiger partial charge on any atom is -0.496 e. The fourth-order valence-corrected chi connectivity index (χ4v) is 3.28. The average Bonchev–Trinajstić information content (AvgIpc) is 3.03. The van der Waals surface area contributed by atoms with Crippen LogP contribution in [0.15, 0.2) is 24.3 Å². The summed E-state index contributed by atoms with van der Waals surface area (Å²) in [5.74, 6) is 1.77. The van der Waals surface area contributed by atoms with E-state index in [0.717, 1.165) is 50.9 Å². The summed E-state index contributed by atoms with van der Waals surface area (Å²) < 4.78 is 16.5. The van der Waals surface area contributed by atoms with Crippen LogP contribution in [-0.4, -0.2) is 51.1 Å². The molecule has 0 saturated carbocycles. The highest BCUT2D eigenvalue weighted by atomic mass is 16.7. The van der Waals surface area contributed by atoms with Crippen molar-refractivity contribution in [3.63, 3.8) is 0 Å². The summed E-state index contributed by atoms with van der Waals surface area (Å²) in [4.78, 5) is 2.47. The molecule has 1 aromatic carbocycles. The predicted molar refractivity (Wildman–Crippen MR) is 81.6 cm³/mol. The molecule has 3 rings (SSSR count). The van der Waals surface area contributed by atoms with Gasteiger partial charge in [0.2, 0.25) is 0 Å². The van der Waals surface area contributed by atoms with E-state index >= 15 is 0 Å². The van der Waals surface area contributed by atoms with Gasteiger partial charge in [0.1, 0.15) is 5.75 Å². The molecule has 0 aliphatic carbocycles. The van der Waals surface area contributed by atoms with Gasteiger partial charge in [-0.05, 0) is 49.9 Å². The number of para-hydroxylation sites is 1. The van der Waals surface area contributed by atoms with Gasteiger partial charge < -0.3 is 14.2 Å². The van der Waals surface area contributed by atoms with Crippen molar-refractivity contribution < 1.29 is 14.2 Å². The monoisotopic (exact) mass is 291 g/mol. The molecule has 116 valence electrons. The number of ether oxygens (including phenoxy) is 3. The van der Waals surface area contributed by atoms with Crippen LogP contribution in [0.5, 0.6) is 5.75 Å². The molecule has 2 fully saturated rings. The number of methoxy groups -OCH3 is 1. The van der Waals surface area contributed by atoms with E-state index in [1.54, 1.807) is 7.11 Å². The molecule has 0 bridgehead atoms. The normalized spacial score (nSPS) is 21.8. The van der Waals surface area contributed by atoms with Gasteiger partial charge in [-0.25, -0.2) is 0 Å². The Labute approximate surface area is 127 Å². The van der Waals surface area contributed by atoms with Gasteiger partial charge in [-0.15, -0.1) is 0 Å². The van der Waals surface area contributed by atoms with Crippen LogP contribution in [0.25, 0.3) is 0 Å². The number of rotatable bonds is 5. The number of piperidine rings is 1. The highest BCUT2D eigenvalue weighted by molar-refractivity contribution is 5.33. The maximum absolute atomic E-state index is 5.53. The van der Waals surface area contributed by atoms with E-state index in [4.69, 9.17) is 14.2 Å². The topological polar surface area (TPSA) is 30.9 Å². The van der Waals surface area contributed by atoms with Gasteiger partial charge in [0.05, 0.1) is 20.3 Å². The molecule has 0 spiro atoms. The summed E-state index contributed by atoms with van der Waals surface area (Å²) in [6.07, 6.45) is 3.60. The number of nitrogens with zero attached hydrogens (tertiary/aromatic N) is 1. The van der Waals surface area contributed by atoms with Crippen LogP contribution in [-0.2, 0) is 15.9 Å². The van der Waals surface area contributed by atoms with Crippen molar-refractivity contribution in [3.05, 3.63) is 29.8 Å². The summed E-state index contributed by atoms with van der Waals surface area (Å²) in [6, 6.07) is 8.37. The van der Waals surface area contributed by atoms with Gasteiger partial charge in [0.25, 0.3) is 0 Å². The van der Waals surface area contributed by atoms with E-state index in [0.29, 0.717) is 0 Å². The molecule has 0 unspecified atom stereocenters. The zero-order valence-electron chi connectivity index (χ0n) is 12.8. The molecule has 1 aromatic rings. The minimum absolute atomic E-state index is 0.00392. The van der Waals surface area contributed by atoms with Crippen LogP contribution in [0.4, 0.5) is 0 Å². The van der Waals surface area contributed by atoms with E-state index in [1.165, 1.54) is 18.4 Å². The summed E-state index contributed by atoms with van der Waals surface area (Å²) in [5, 5.41) is 0. The highest BCUT2D eigenvalue weighted by Gasteiger charge is 2.24. The summed E-state index contributed by atoms with van der Waals surface area (Å²) >= 11 is 0. The second-order valence-electron chi connectivity index (χ2n) is 5.93. The fraction of sp³-hybridized carbons (Fsp3) is 0.647. The van der Waals surface area contributed by atoms with Gasteiger partial charge in [0, 0.05) is 6.54 Å². The van der Waals surface area contributed by atoms with Crippen LogP contribution in [0.3, 0.4) is 0 Å². The van der Waals surface area contributed by atoms with Crippen LogP contribution in [0.2, 0.25) is 0 Å². The lowest BCUT2D eigenvalue weighted by Crippen LogP contribution is -2.39. The van der Waals surface area contributed by atoms with Gasteiger partial charge >= 0.3 is 0 Å². The van der Waals surface area contributed by atoms with Gasteiger partial charge in [0.15, 0.2) is 6.29 Å². The molecule has 0 atom stereocenters. The average molecular weight is 291 g/mol. The Hall–Kier alpha value is -1.10. The molecule has 2 aliphatic rings. The first-order valence-electron chi connectivity index (χ1n) is 7.92. The predicted octanol–water partition coefficient (Wildman–Crippen LogP) is 2.32. The Kier molecular flexibility index (Phi) is 5.12. The van der Waals surface area contributed by atoms with Crippen molar-refractivity contribution in [3.8, 4) is 5.75 Å². The van der Waals surface area contributed by atoms with Crippen LogP contribution < -0.4 is 4.74 Å². The number of hydrogen-bond acceptors (Lipinski definition) is 4. The zero-order valence-corrected chi connectivity index (χ0v) is 12.8. The number of hydrogen-bond donors (Lipinski definition) is 0. The molecule has 4 nitrogen and oxygen atoms in total. The third kappa shape index (κ3) is 3.96. The Morgan fingerprint density at radius 2 is 1.86 bits per heavy atom. The molecule has 2 heterocycles. The number of benzene rings is 1. The lowest BCUT2D eigenvalue weighted by molar-refractivity contribution is -0.0660. The smallest absolute Gasteiger partial charge is 0.170 e. The lowest BCUT2D eigenvalue weighted by atomic mass is 9.90. The molecule has 21 heavy (non-hydrogen) atoms. The first-order chi connectivity index (χ1) is 10.3. The Bertz CT molecular complexity index is 437. The van der Waals surface area contributed by atoms with Crippen molar-refractivity contribution >= 4 is 0 Å². The maximum atomic E-state index is 5.53. The molecule has 2 aliphatic heterocycles. The zero-order chi connectivity index (χ0) is 14.5. The third-order valence-corrected chi connectivity index (χ3v) is 4.51. The minimum atomic E-state index is -0.00392. The van der Waals surface area contributed by atoms with Crippen molar-refractivity contribution in [1.29, 1.82) is 0 Å². The summed E-state index contributed by atoms with van der Waals surface area (Å²) in [6.45, 7) is 4.69. The maximum Gasteiger partial charge on any atom is 0.170 e. The van der Waals surface area contributed by atoms with Crippen molar-refractivity contribution in [2.24, 2.45) is 5.92 Å². The van der Waals surface area contributed by atoms with E-state index in [1.807, 2.05) is 6.07 Å². The SMILES string of the molecule is COc1ccccc1CC1CCN(CC2OCCO2)CC1. The van der Waals surface area contributed by atoms with Crippen LogP contribution in [0.1, 0.15) is 18.4 Å².